The summed E-state index contributed by atoms with van der Waals surface area (Å²) in [5.41, 5.74) is 0. The highest BCUT2D eigenvalue weighted by molar-refractivity contribution is 5.90. The van der Waals surface area contributed by atoms with Crippen LogP contribution in [0, 0.1) is 29.6 Å². The van der Waals surface area contributed by atoms with Crippen LogP contribution in [0.15, 0.2) is 12.2 Å². The quantitative estimate of drug-likeness (QED) is 0.494. The number of hydrogen-bond donors (Lipinski definition) is 0. The van der Waals surface area contributed by atoms with E-state index in [0.29, 0.717) is 11.7 Å². The average Bonchev–Trinajstić information content (AvgIpc) is 2.63. The summed E-state index contributed by atoms with van der Waals surface area (Å²) in [5.74, 6) is 5.03. The maximum Gasteiger partial charge on any atom is 0.155 e. The molecule has 3 aliphatic carbocycles. The minimum atomic E-state index is 0.343. The van der Waals surface area contributed by atoms with E-state index < -0.39 is 0 Å². The van der Waals surface area contributed by atoms with E-state index in [1.165, 1.54) is 77.0 Å². The minimum absolute atomic E-state index is 0.343. The molecule has 1 unspecified atom stereocenters. The fraction of sp³-hybridized carbons (Fsp3) is 0.870. The van der Waals surface area contributed by atoms with Crippen molar-refractivity contribution in [2.24, 2.45) is 29.6 Å². The molecule has 0 aromatic carbocycles. The fourth-order valence-corrected chi connectivity index (χ4v) is 5.79. The molecular weight excluding hydrogens is 292 g/mol. The second kappa shape index (κ2) is 9.20. The average molecular weight is 331 g/mol. The molecule has 0 radical (unpaired) electrons. The predicted octanol–water partition coefficient (Wildman–Crippen LogP) is 6.71. The summed E-state index contributed by atoms with van der Waals surface area (Å²) in [7, 11) is 0. The number of unbranched alkanes of at least 4 members (excludes halogenated alkanes) is 2. The normalized spacial score (nSPS) is 37.5. The Balaban J connectivity index is 1.37. The number of carbonyl (C=O) groups is 1. The Morgan fingerprint density at radius 3 is 2.04 bits per heavy atom. The van der Waals surface area contributed by atoms with Crippen molar-refractivity contribution in [1.82, 2.24) is 0 Å². The number of carbonyl (C=O) groups excluding carboxylic acids is 1. The van der Waals surface area contributed by atoms with Crippen LogP contribution >= 0.6 is 0 Å². The Hall–Kier alpha value is -0.590. The van der Waals surface area contributed by atoms with E-state index in [4.69, 9.17) is 0 Å². The Morgan fingerprint density at radius 1 is 0.833 bits per heavy atom. The third kappa shape index (κ3) is 4.96. The lowest BCUT2D eigenvalue weighted by atomic mass is 9.66. The van der Waals surface area contributed by atoms with Crippen molar-refractivity contribution in [3.05, 3.63) is 12.2 Å². The summed E-state index contributed by atoms with van der Waals surface area (Å²) >= 11 is 0. The van der Waals surface area contributed by atoms with Crippen LogP contribution in [-0.2, 0) is 4.79 Å². The molecule has 0 saturated heterocycles. The monoisotopic (exact) mass is 330 g/mol. The van der Waals surface area contributed by atoms with Crippen LogP contribution in [0.3, 0.4) is 0 Å². The van der Waals surface area contributed by atoms with Gasteiger partial charge in [-0.3, -0.25) is 4.79 Å². The highest BCUT2D eigenvalue weighted by Crippen LogP contribution is 2.44. The van der Waals surface area contributed by atoms with Gasteiger partial charge < -0.3 is 0 Å². The fourth-order valence-electron chi connectivity index (χ4n) is 5.79. The molecule has 1 nitrogen and oxygen atoms in total. The van der Waals surface area contributed by atoms with E-state index in [0.717, 1.165) is 36.5 Å². The van der Waals surface area contributed by atoms with Crippen LogP contribution in [-0.4, -0.2) is 5.78 Å². The third-order valence-corrected chi connectivity index (χ3v) is 7.45. The highest BCUT2D eigenvalue weighted by atomic mass is 16.1. The second-order valence-corrected chi connectivity index (χ2v) is 8.98. The number of ketones is 1. The van der Waals surface area contributed by atoms with Crippen molar-refractivity contribution in [2.75, 3.05) is 0 Å². The summed E-state index contributed by atoms with van der Waals surface area (Å²) in [6.45, 7) is 2.31. The first kappa shape index (κ1) is 18.2. The Bertz CT molecular complexity index is 408. The summed E-state index contributed by atoms with van der Waals surface area (Å²) < 4.78 is 0. The molecular formula is C23H38O. The van der Waals surface area contributed by atoms with E-state index in [-0.39, 0.29) is 0 Å². The molecule has 2 saturated carbocycles. The van der Waals surface area contributed by atoms with E-state index in [9.17, 15) is 4.79 Å². The van der Waals surface area contributed by atoms with E-state index >= 15 is 0 Å². The van der Waals surface area contributed by atoms with Crippen molar-refractivity contribution < 1.29 is 4.79 Å². The topological polar surface area (TPSA) is 17.1 Å². The SMILES string of the molecule is CCCCCC1CCC(C2CCC(C3C=CC(=O)CC3)CC2)CC1. The molecule has 0 aromatic rings. The molecule has 0 spiro atoms. The van der Waals surface area contributed by atoms with Gasteiger partial charge in [0.1, 0.15) is 0 Å². The molecule has 0 aliphatic heterocycles. The summed E-state index contributed by atoms with van der Waals surface area (Å²) in [5, 5.41) is 0. The molecule has 0 bridgehead atoms. The number of hydrogen-bond acceptors (Lipinski definition) is 1. The predicted molar refractivity (Wildman–Crippen MR) is 102 cm³/mol. The molecule has 136 valence electrons. The van der Waals surface area contributed by atoms with Gasteiger partial charge in [0.25, 0.3) is 0 Å². The van der Waals surface area contributed by atoms with E-state index in [1.807, 2.05) is 6.08 Å². The van der Waals surface area contributed by atoms with Gasteiger partial charge in [-0.05, 0) is 80.6 Å². The van der Waals surface area contributed by atoms with Gasteiger partial charge in [-0.1, -0.05) is 51.5 Å². The zero-order valence-electron chi connectivity index (χ0n) is 15.8. The van der Waals surface area contributed by atoms with Gasteiger partial charge in [0, 0.05) is 6.42 Å². The summed E-state index contributed by atoms with van der Waals surface area (Å²) in [6, 6.07) is 0. The largest absolute Gasteiger partial charge is 0.295 e. The molecule has 0 N–H and O–H groups in total. The zero-order valence-corrected chi connectivity index (χ0v) is 15.8. The van der Waals surface area contributed by atoms with Crippen molar-refractivity contribution in [3.63, 3.8) is 0 Å². The molecule has 0 amide bonds. The van der Waals surface area contributed by atoms with Crippen LogP contribution in [0.4, 0.5) is 0 Å². The van der Waals surface area contributed by atoms with Gasteiger partial charge in [0.2, 0.25) is 0 Å². The van der Waals surface area contributed by atoms with Crippen LogP contribution in [0.2, 0.25) is 0 Å². The van der Waals surface area contributed by atoms with Gasteiger partial charge in [0.15, 0.2) is 5.78 Å². The van der Waals surface area contributed by atoms with Crippen LogP contribution < -0.4 is 0 Å². The summed E-state index contributed by atoms with van der Waals surface area (Å²) in [6.07, 6.45) is 23.6. The van der Waals surface area contributed by atoms with Crippen molar-refractivity contribution >= 4 is 5.78 Å². The van der Waals surface area contributed by atoms with Crippen LogP contribution in [0.1, 0.15) is 96.8 Å². The first-order chi connectivity index (χ1) is 11.8. The molecule has 3 rings (SSSR count). The van der Waals surface area contributed by atoms with E-state index in [1.54, 1.807) is 0 Å². The van der Waals surface area contributed by atoms with Crippen molar-refractivity contribution in [3.8, 4) is 0 Å². The standard InChI is InChI=1S/C23H38O/c1-2-3-4-5-18-6-8-19(9-7-18)20-10-12-21(13-11-20)22-14-16-23(24)17-15-22/h14,16,18-22H,2-13,15,17H2,1H3. The third-order valence-electron chi connectivity index (χ3n) is 7.45. The Morgan fingerprint density at radius 2 is 1.46 bits per heavy atom. The van der Waals surface area contributed by atoms with Crippen molar-refractivity contribution in [1.29, 1.82) is 0 Å². The highest BCUT2D eigenvalue weighted by Gasteiger charge is 2.33. The van der Waals surface area contributed by atoms with E-state index in [2.05, 4.69) is 13.0 Å². The lowest BCUT2D eigenvalue weighted by Gasteiger charge is -2.39. The second-order valence-electron chi connectivity index (χ2n) is 8.98. The number of allylic oxidation sites excluding steroid dienone is 2. The first-order valence-corrected chi connectivity index (χ1v) is 11.0. The van der Waals surface area contributed by atoms with Gasteiger partial charge >= 0.3 is 0 Å². The van der Waals surface area contributed by atoms with Crippen LogP contribution in [0.25, 0.3) is 0 Å². The minimum Gasteiger partial charge on any atom is -0.295 e. The molecule has 24 heavy (non-hydrogen) atoms. The molecule has 1 heteroatoms. The molecule has 3 aliphatic rings. The molecule has 1 atom stereocenters. The molecule has 2 fully saturated rings. The van der Waals surface area contributed by atoms with Gasteiger partial charge in [0.05, 0.1) is 0 Å². The zero-order chi connectivity index (χ0) is 16.8. The maximum atomic E-state index is 11.4. The summed E-state index contributed by atoms with van der Waals surface area (Å²) in [4.78, 5) is 11.4. The first-order valence-electron chi connectivity index (χ1n) is 11.0. The van der Waals surface area contributed by atoms with Crippen molar-refractivity contribution in [2.45, 2.75) is 96.8 Å². The Labute approximate surface area is 149 Å². The Kier molecular flexibility index (Phi) is 6.98. The molecule has 0 heterocycles. The smallest absolute Gasteiger partial charge is 0.155 e. The van der Waals surface area contributed by atoms with Gasteiger partial charge in [-0.15, -0.1) is 0 Å². The maximum absolute atomic E-state index is 11.4. The van der Waals surface area contributed by atoms with Crippen LogP contribution in [0.5, 0.6) is 0 Å². The van der Waals surface area contributed by atoms with Gasteiger partial charge in [-0.2, -0.15) is 0 Å². The number of rotatable bonds is 6. The molecule has 0 aromatic heterocycles. The van der Waals surface area contributed by atoms with Gasteiger partial charge in [-0.25, -0.2) is 0 Å². The lowest BCUT2D eigenvalue weighted by molar-refractivity contribution is -0.115. The lowest BCUT2D eigenvalue weighted by Crippen LogP contribution is -2.28.